The normalized spacial score (nSPS) is 10.0. The molecule has 0 atom stereocenters. The van der Waals surface area contributed by atoms with E-state index < -0.39 is 5.91 Å². The molecule has 0 aliphatic heterocycles. The Bertz CT molecular complexity index is 854. The largest absolute Gasteiger partial charge is 0.496 e. The van der Waals surface area contributed by atoms with E-state index in [0.29, 0.717) is 27.7 Å². The van der Waals surface area contributed by atoms with Gasteiger partial charge in [0, 0.05) is 18.2 Å². The van der Waals surface area contributed by atoms with Gasteiger partial charge < -0.3 is 30.2 Å². The van der Waals surface area contributed by atoms with E-state index in [1.807, 2.05) is 0 Å². The Morgan fingerprint density at radius 1 is 0.862 bits per heavy atom. The number of benzene rings is 1. The standard InChI is InChI=1S/C19H23N3O6S/c1-26-13-8-15(28-3)14(27-2)7-12(13)9-20-17(23)10-21-18(24)11-22-19(25)16-5-4-6-29-16/h4-8H,9-11H2,1-3H3,(H,20,23)(H,21,24)(H,22,25). The molecule has 0 bridgehead atoms. The molecule has 0 saturated heterocycles. The number of hydrogen-bond acceptors (Lipinski definition) is 7. The second-order valence-corrected chi connectivity index (χ2v) is 6.68. The van der Waals surface area contributed by atoms with Crippen LogP contribution < -0.4 is 30.2 Å². The molecule has 1 aromatic carbocycles. The smallest absolute Gasteiger partial charge is 0.261 e. The lowest BCUT2D eigenvalue weighted by atomic mass is 10.1. The topological polar surface area (TPSA) is 115 Å². The summed E-state index contributed by atoms with van der Waals surface area (Å²) in [4.78, 5) is 36.1. The molecular formula is C19H23N3O6S. The number of ether oxygens (including phenoxy) is 3. The van der Waals surface area contributed by atoms with E-state index in [2.05, 4.69) is 16.0 Å². The van der Waals surface area contributed by atoms with Gasteiger partial charge in [0.25, 0.3) is 5.91 Å². The highest BCUT2D eigenvalue weighted by molar-refractivity contribution is 7.12. The summed E-state index contributed by atoms with van der Waals surface area (Å²) in [6.45, 7) is -0.260. The van der Waals surface area contributed by atoms with E-state index in [-0.39, 0.29) is 31.4 Å². The Balaban J connectivity index is 1.79. The fourth-order valence-electron chi connectivity index (χ4n) is 2.38. The summed E-state index contributed by atoms with van der Waals surface area (Å²) in [5.74, 6) is 0.362. The Labute approximate surface area is 172 Å². The maximum absolute atomic E-state index is 12.0. The van der Waals surface area contributed by atoms with Gasteiger partial charge >= 0.3 is 0 Å². The molecule has 1 aromatic heterocycles. The van der Waals surface area contributed by atoms with Gasteiger partial charge in [0.05, 0.1) is 39.3 Å². The van der Waals surface area contributed by atoms with Gasteiger partial charge in [-0.15, -0.1) is 11.3 Å². The van der Waals surface area contributed by atoms with Crippen molar-refractivity contribution < 1.29 is 28.6 Å². The van der Waals surface area contributed by atoms with Gasteiger partial charge in [0.1, 0.15) is 5.75 Å². The quantitative estimate of drug-likeness (QED) is 0.526. The minimum atomic E-state index is -0.464. The van der Waals surface area contributed by atoms with Crippen molar-refractivity contribution in [2.24, 2.45) is 0 Å². The number of methoxy groups -OCH3 is 3. The molecule has 3 amide bonds. The summed E-state index contributed by atoms with van der Waals surface area (Å²) in [7, 11) is 4.54. The lowest BCUT2D eigenvalue weighted by molar-refractivity contribution is -0.125. The van der Waals surface area contributed by atoms with Crippen molar-refractivity contribution in [2.75, 3.05) is 34.4 Å². The number of thiophene rings is 1. The maximum atomic E-state index is 12.0. The van der Waals surface area contributed by atoms with Crippen molar-refractivity contribution in [1.29, 1.82) is 0 Å². The highest BCUT2D eigenvalue weighted by atomic mass is 32.1. The molecule has 0 spiro atoms. The third-order valence-electron chi connectivity index (χ3n) is 3.86. The number of carbonyl (C=O) groups excluding carboxylic acids is 3. The Kier molecular flexibility index (Phi) is 8.28. The van der Waals surface area contributed by atoms with Crippen LogP contribution in [0, 0.1) is 0 Å². The van der Waals surface area contributed by atoms with E-state index in [1.165, 1.54) is 32.7 Å². The Hall–Kier alpha value is -3.27. The van der Waals surface area contributed by atoms with Crippen LogP contribution in [0.1, 0.15) is 15.2 Å². The predicted molar refractivity (Wildman–Crippen MR) is 108 cm³/mol. The summed E-state index contributed by atoms with van der Waals surface area (Å²) in [5, 5.41) is 9.40. The fourth-order valence-corrected chi connectivity index (χ4v) is 3.02. The molecule has 0 aliphatic carbocycles. The predicted octanol–water partition coefficient (Wildman–Crippen LogP) is 0.936. The second kappa shape index (κ2) is 10.9. The Morgan fingerprint density at radius 2 is 1.48 bits per heavy atom. The van der Waals surface area contributed by atoms with E-state index in [0.717, 1.165) is 0 Å². The van der Waals surface area contributed by atoms with Gasteiger partial charge in [-0.05, 0) is 17.5 Å². The molecule has 156 valence electrons. The van der Waals surface area contributed by atoms with Crippen molar-refractivity contribution in [3.8, 4) is 17.2 Å². The molecule has 0 radical (unpaired) electrons. The summed E-state index contributed by atoms with van der Waals surface area (Å²) in [6, 6.07) is 6.78. The van der Waals surface area contributed by atoms with Gasteiger partial charge in [0.15, 0.2) is 11.5 Å². The zero-order valence-electron chi connectivity index (χ0n) is 16.4. The highest BCUT2D eigenvalue weighted by Gasteiger charge is 2.13. The van der Waals surface area contributed by atoms with E-state index in [4.69, 9.17) is 14.2 Å². The fraction of sp³-hybridized carbons (Fsp3) is 0.316. The average molecular weight is 421 g/mol. The van der Waals surface area contributed by atoms with Gasteiger partial charge in [-0.25, -0.2) is 0 Å². The van der Waals surface area contributed by atoms with Crippen molar-refractivity contribution in [3.63, 3.8) is 0 Å². The summed E-state index contributed by atoms with van der Waals surface area (Å²) in [6.07, 6.45) is 0. The van der Waals surface area contributed by atoms with Gasteiger partial charge in [-0.1, -0.05) is 6.07 Å². The van der Waals surface area contributed by atoms with Gasteiger partial charge in [0.2, 0.25) is 11.8 Å². The third kappa shape index (κ3) is 6.39. The summed E-state index contributed by atoms with van der Waals surface area (Å²) < 4.78 is 15.8. The Morgan fingerprint density at radius 3 is 2.10 bits per heavy atom. The lowest BCUT2D eigenvalue weighted by Crippen LogP contribution is -2.41. The van der Waals surface area contributed by atoms with Crippen LogP contribution in [0.15, 0.2) is 29.6 Å². The highest BCUT2D eigenvalue weighted by Crippen LogP contribution is 2.34. The van der Waals surface area contributed by atoms with Crippen LogP contribution in [0.25, 0.3) is 0 Å². The molecule has 0 saturated carbocycles. The van der Waals surface area contributed by atoms with Crippen LogP contribution in [-0.2, 0) is 16.1 Å². The van der Waals surface area contributed by atoms with Crippen LogP contribution in [0.5, 0.6) is 17.2 Å². The summed E-state index contributed by atoms with van der Waals surface area (Å²) >= 11 is 1.28. The van der Waals surface area contributed by atoms with Crippen molar-refractivity contribution in [2.45, 2.75) is 6.54 Å². The molecule has 3 N–H and O–H groups in total. The maximum Gasteiger partial charge on any atom is 0.261 e. The molecule has 29 heavy (non-hydrogen) atoms. The van der Waals surface area contributed by atoms with Crippen LogP contribution in [0.3, 0.4) is 0 Å². The second-order valence-electron chi connectivity index (χ2n) is 5.73. The SMILES string of the molecule is COc1cc(OC)c(OC)cc1CNC(=O)CNC(=O)CNC(=O)c1cccs1. The van der Waals surface area contributed by atoms with Crippen molar-refractivity contribution in [1.82, 2.24) is 16.0 Å². The molecule has 1 heterocycles. The number of hydrogen-bond donors (Lipinski definition) is 3. The van der Waals surface area contributed by atoms with E-state index in [9.17, 15) is 14.4 Å². The molecule has 0 fully saturated rings. The van der Waals surface area contributed by atoms with Crippen molar-refractivity contribution >= 4 is 29.1 Å². The first-order valence-electron chi connectivity index (χ1n) is 8.62. The molecule has 2 aromatic rings. The zero-order chi connectivity index (χ0) is 21.2. The van der Waals surface area contributed by atoms with Crippen LogP contribution >= 0.6 is 11.3 Å². The molecule has 0 aliphatic rings. The van der Waals surface area contributed by atoms with Gasteiger partial charge in [-0.2, -0.15) is 0 Å². The first-order chi connectivity index (χ1) is 14.0. The lowest BCUT2D eigenvalue weighted by Gasteiger charge is -2.14. The molecule has 0 unspecified atom stereocenters. The van der Waals surface area contributed by atoms with Crippen LogP contribution in [-0.4, -0.2) is 52.1 Å². The first-order valence-corrected chi connectivity index (χ1v) is 9.50. The van der Waals surface area contributed by atoms with E-state index in [1.54, 1.807) is 29.6 Å². The third-order valence-corrected chi connectivity index (χ3v) is 4.73. The molecular weight excluding hydrogens is 398 g/mol. The molecule has 9 nitrogen and oxygen atoms in total. The zero-order valence-corrected chi connectivity index (χ0v) is 17.2. The van der Waals surface area contributed by atoms with Crippen LogP contribution in [0.4, 0.5) is 0 Å². The van der Waals surface area contributed by atoms with Crippen LogP contribution in [0.2, 0.25) is 0 Å². The molecule has 10 heteroatoms. The minimum Gasteiger partial charge on any atom is -0.496 e. The first kappa shape index (κ1) is 22.0. The number of nitrogens with one attached hydrogen (secondary N) is 3. The van der Waals surface area contributed by atoms with Crippen molar-refractivity contribution in [3.05, 3.63) is 40.1 Å². The number of rotatable bonds is 10. The van der Waals surface area contributed by atoms with Gasteiger partial charge in [-0.3, -0.25) is 14.4 Å². The monoisotopic (exact) mass is 421 g/mol. The molecule has 2 rings (SSSR count). The number of carbonyl (C=O) groups is 3. The summed E-state index contributed by atoms with van der Waals surface area (Å²) in [5.41, 5.74) is 0.688. The van der Waals surface area contributed by atoms with E-state index >= 15 is 0 Å². The average Bonchev–Trinajstić information content (AvgIpc) is 3.28. The number of amides is 3. The minimum absolute atomic E-state index is 0.174.